The van der Waals surface area contributed by atoms with Crippen molar-refractivity contribution < 1.29 is 0 Å². The Morgan fingerprint density at radius 2 is 1.86 bits per heavy atom. The smallest absolute Gasteiger partial charge is 0.147 e. The van der Waals surface area contributed by atoms with Crippen LogP contribution in [-0.2, 0) is 6.54 Å². The van der Waals surface area contributed by atoms with Crippen LogP contribution in [0.25, 0.3) is 0 Å². The monoisotopic (exact) mass is 311 g/mol. The third-order valence-electron chi connectivity index (χ3n) is 3.57. The minimum absolute atomic E-state index is 0.430. The summed E-state index contributed by atoms with van der Waals surface area (Å²) in [6.07, 6.45) is 3.05. The first-order valence-corrected chi connectivity index (χ1v) is 8.27. The van der Waals surface area contributed by atoms with Crippen molar-refractivity contribution in [2.75, 3.05) is 18.5 Å². The lowest BCUT2D eigenvalue weighted by Gasteiger charge is -2.28. The van der Waals surface area contributed by atoms with Gasteiger partial charge in [-0.3, -0.25) is 0 Å². The summed E-state index contributed by atoms with van der Waals surface area (Å²) in [5, 5.41) is 4.15. The lowest BCUT2D eigenvalue weighted by atomic mass is 10.0. The van der Waals surface area contributed by atoms with Crippen molar-refractivity contribution in [3.63, 3.8) is 0 Å². The van der Waals surface area contributed by atoms with Crippen molar-refractivity contribution in [1.82, 2.24) is 10.3 Å². The molecule has 1 rings (SSSR count). The zero-order valence-corrected chi connectivity index (χ0v) is 15.0. The number of hydrogen-bond acceptors (Lipinski definition) is 3. The zero-order chi connectivity index (χ0) is 16.0. The summed E-state index contributed by atoms with van der Waals surface area (Å²) in [6.45, 7) is 12.9. The third-order valence-corrected chi connectivity index (χ3v) is 3.85. The molecule has 1 unspecified atom stereocenters. The molecule has 120 valence electrons. The van der Waals surface area contributed by atoms with Crippen molar-refractivity contribution in [1.29, 1.82) is 0 Å². The molecule has 1 aromatic heterocycles. The fraction of sp³-hybridized carbons (Fsp3) is 0.706. The second-order valence-electron chi connectivity index (χ2n) is 6.76. The lowest BCUT2D eigenvalue weighted by Crippen LogP contribution is -2.31. The Balaban J connectivity index is 2.68. The van der Waals surface area contributed by atoms with Crippen LogP contribution in [0.5, 0.6) is 0 Å². The summed E-state index contributed by atoms with van der Waals surface area (Å²) in [6, 6.07) is 2.45. The second-order valence-corrected chi connectivity index (χ2v) is 7.17. The van der Waals surface area contributed by atoms with E-state index in [2.05, 4.69) is 56.9 Å². The van der Waals surface area contributed by atoms with E-state index in [0.29, 0.717) is 17.9 Å². The Hall–Kier alpha value is -0.800. The van der Waals surface area contributed by atoms with E-state index in [0.717, 1.165) is 35.9 Å². The van der Waals surface area contributed by atoms with Crippen molar-refractivity contribution in [2.24, 2.45) is 11.8 Å². The Bertz CT molecular complexity index is 432. The van der Waals surface area contributed by atoms with E-state index in [1.807, 2.05) is 12.3 Å². The number of anilines is 1. The van der Waals surface area contributed by atoms with Gasteiger partial charge in [0.05, 0.1) is 5.02 Å². The summed E-state index contributed by atoms with van der Waals surface area (Å²) in [7, 11) is 2.07. The highest BCUT2D eigenvalue weighted by atomic mass is 35.5. The highest BCUT2D eigenvalue weighted by molar-refractivity contribution is 6.33. The maximum Gasteiger partial charge on any atom is 0.147 e. The highest BCUT2D eigenvalue weighted by Crippen LogP contribution is 2.26. The molecule has 0 aliphatic heterocycles. The molecule has 1 atom stereocenters. The van der Waals surface area contributed by atoms with Gasteiger partial charge in [-0.15, -0.1) is 0 Å². The minimum atomic E-state index is 0.430. The number of aromatic nitrogens is 1. The maximum atomic E-state index is 6.41. The molecule has 4 heteroatoms. The van der Waals surface area contributed by atoms with Gasteiger partial charge in [-0.25, -0.2) is 4.98 Å². The van der Waals surface area contributed by atoms with Gasteiger partial charge in [0.15, 0.2) is 0 Å². The molecule has 21 heavy (non-hydrogen) atoms. The average molecular weight is 312 g/mol. The minimum Gasteiger partial charge on any atom is -0.356 e. The molecule has 0 amide bonds. The summed E-state index contributed by atoms with van der Waals surface area (Å²) in [5.74, 6) is 2.19. The predicted molar refractivity (Wildman–Crippen MR) is 93.1 cm³/mol. The molecule has 0 radical (unpaired) electrons. The summed E-state index contributed by atoms with van der Waals surface area (Å²) in [4.78, 5) is 6.73. The van der Waals surface area contributed by atoms with Gasteiger partial charge < -0.3 is 10.2 Å². The number of nitrogens with zero attached hydrogens (tertiary/aromatic N) is 2. The average Bonchev–Trinajstić information content (AvgIpc) is 2.37. The molecule has 0 aromatic carbocycles. The molecule has 3 nitrogen and oxygen atoms in total. The highest BCUT2D eigenvalue weighted by Gasteiger charge is 2.15. The first-order chi connectivity index (χ1) is 9.81. The topological polar surface area (TPSA) is 28.2 Å². The predicted octanol–water partition coefficient (Wildman–Crippen LogP) is 4.35. The van der Waals surface area contributed by atoms with Crippen LogP contribution in [0, 0.1) is 11.8 Å². The molecule has 0 aliphatic carbocycles. The second kappa shape index (κ2) is 8.60. The van der Waals surface area contributed by atoms with Crippen LogP contribution < -0.4 is 10.2 Å². The number of rotatable bonds is 8. The Kier molecular flexibility index (Phi) is 7.47. The van der Waals surface area contributed by atoms with Crippen molar-refractivity contribution >= 4 is 17.4 Å². The number of hydrogen-bond donors (Lipinski definition) is 1. The van der Waals surface area contributed by atoms with Crippen LogP contribution in [0.1, 0.15) is 46.6 Å². The standard InChI is InChI=1S/C17H30ClN3/c1-12(2)7-14(5)21(6)17-16(18)8-15(11-20-17)10-19-9-13(3)4/h8,11-14,19H,7,9-10H2,1-6H3. The molecule has 1 aromatic rings. The van der Waals surface area contributed by atoms with E-state index in [9.17, 15) is 0 Å². The maximum absolute atomic E-state index is 6.41. The van der Waals surface area contributed by atoms with Gasteiger partial charge in [-0.1, -0.05) is 39.3 Å². The fourth-order valence-electron chi connectivity index (χ4n) is 2.38. The van der Waals surface area contributed by atoms with Crippen molar-refractivity contribution in [2.45, 2.75) is 53.6 Å². The van der Waals surface area contributed by atoms with Gasteiger partial charge in [-0.2, -0.15) is 0 Å². The van der Waals surface area contributed by atoms with Crippen LogP contribution >= 0.6 is 11.6 Å². The quantitative estimate of drug-likeness (QED) is 0.773. The summed E-state index contributed by atoms with van der Waals surface area (Å²) < 4.78 is 0. The van der Waals surface area contributed by atoms with E-state index in [1.54, 1.807) is 0 Å². The zero-order valence-electron chi connectivity index (χ0n) is 14.3. The molecule has 1 N–H and O–H groups in total. The normalized spacial score (nSPS) is 13.0. The first kappa shape index (κ1) is 18.2. The van der Waals surface area contributed by atoms with Crippen molar-refractivity contribution in [3.05, 3.63) is 22.8 Å². The van der Waals surface area contributed by atoms with E-state index >= 15 is 0 Å². The van der Waals surface area contributed by atoms with E-state index < -0.39 is 0 Å². The van der Waals surface area contributed by atoms with Gasteiger partial charge in [-0.05, 0) is 43.4 Å². The molecule has 0 bridgehead atoms. The SMILES string of the molecule is CC(C)CNCc1cnc(N(C)C(C)CC(C)C)c(Cl)c1. The number of pyridine rings is 1. The molecule has 0 aliphatic rings. The van der Waals surface area contributed by atoms with Crippen LogP contribution in [0.3, 0.4) is 0 Å². The molecular formula is C17H30ClN3. The number of nitrogens with one attached hydrogen (secondary N) is 1. The van der Waals surface area contributed by atoms with E-state index in [1.165, 1.54) is 0 Å². The van der Waals surface area contributed by atoms with Crippen LogP contribution in [0.2, 0.25) is 5.02 Å². The molecule has 0 fully saturated rings. The van der Waals surface area contributed by atoms with Crippen LogP contribution in [0.15, 0.2) is 12.3 Å². The Morgan fingerprint density at radius 3 is 2.38 bits per heavy atom. The lowest BCUT2D eigenvalue weighted by molar-refractivity contribution is 0.502. The summed E-state index contributed by atoms with van der Waals surface area (Å²) in [5.41, 5.74) is 1.13. The van der Waals surface area contributed by atoms with Gasteiger partial charge in [0, 0.05) is 25.8 Å². The van der Waals surface area contributed by atoms with Crippen LogP contribution in [0.4, 0.5) is 5.82 Å². The van der Waals surface area contributed by atoms with Gasteiger partial charge in [0.25, 0.3) is 0 Å². The Morgan fingerprint density at radius 1 is 1.19 bits per heavy atom. The molecule has 0 saturated carbocycles. The summed E-state index contributed by atoms with van der Waals surface area (Å²) >= 11 is 6.41. The van der Waals surface area contributed by atoms with E-state index in [4.69, 9.17) is 11.6 Å². The largest absolute Gasteiger partial charge is 0.356 e. The molecule has 1 heterocycles. The van der Waals surface area contributed by atoms with E-state index in [-0.39, 0.29) is 0 Å². The third kappa shape index (κ3) is 6.23. The van der Waals surface area contributed by atoms with Crippen molar-refractivity contribution in [3.8, 4) is 0 Å². The van der Waals surface area contributed by atoms with Gasteiger partial charge >= 0.3 is 0 Å². The molecule has 0 saturated heterocycles. The molecule has 0 spiro atoms. The molecular weight excluding hydrogens is 282 g/mol. The Labute approximate surface area is 135 Å². The van der Waals surface area contributed by atoms with Gasteiger partial charge in [0.2, 0.25) is 0 Å². The fourth-order valence-corrected chi connectivity index (χ4v) is 2.70. The van der Waals surface area contributed by atoms with Crippen LogP contribution in [-0.4, -0.2) is 24.6 Å². The number of halogens is 1. The van der Waals surface area contributed by atoms with Gasteiger partial charge in [0.1, 0.15) is 5.82 Å². The first-order valence-electron chi connectivity index (χ1n) is 7.89.